The van der Waals surface area contributed by atoms with E-state index in [9.17, 15) is 9.90 Å². The molecule has 1 aliphatic heterocycles. The van der Waals surface area contributed by atoms with Crippen molar-refractivity contribution in [3.63, 3.8) is 0 Å². The van der Waals surface area contributed by atoms with Crippen molar-refractivity contribution in [1.29, 1.82) is 0 Å². The molecule has 1 aliphatic carbocycles. The van der Waals surface area contributed by atoms with Gasteiger partial charge in [0.15, 0.2) is 16.3 Å². The molecule has 6 heteroatoms. The van der Waals surface area contributed by atoms with Crippen LogP contribution in [0.15, 0.2) is 82.1 Å². The minimum atomic E-state index is -0.188. The van der Waals surface area contributed by atoms with Gasteiger partial charge in [0.1, 0.15) is 0 Å². The average molecular weight is 481 g/mol. The van der Waals surface area contributed by atoms with Gasteiger partial charge in [-0.2, -0.15) is 0 Å². The third-order valence-corrected chi connectivity index (χ3v) is 7.75. The van der Waals surface area contributed by atoms with Crippen molar-refractivity contribution in [3.05, 3.63) is 120 Å². The third kappa shape index (κ3) is 3.61. The Bertz CT molecular complexity index is 1680. The summed E-state index contributed by atoms with van der Waals surface area (Å²) in [5.41, 5.74) is 7.65. The SMILES string of the molecule is COc1cc(/C=c2\sc3n(c2=O)[C@@H](c2ccc(C)cc2)C2=C(N=3)c3ccccc3CC2)ccc1O. The molecule has 0 unspecified atom stereocenters. The summed E-state index contributed by atoms with van der Waals surface area (Å²) < 4.78 is 7.69. The van der Waals surface area contributed by atoms with E-state index in [1.807, 2.05) is 10.6 Å². The lowest BCUT2D eigenvalue weighted by Crippen LogP contribution is -2.38. The van der Waals surface area contributed by atoms with Gasteiger partial charge in [-0.3, -0.25) is 9.36 Å². The highest BCUT2D eigenvalue weighted by Crippen LogP contribution is 2.41. The number of aromatic nitrogens is 1. The van der Waals surface area contributed by atoms with E-state index in [0.29, 0.717) is 15.1 Å². The number of aryl methyl sites for hydroxylation is 2. The van der Waals surface area contributed by atoms with Crippen LogP contribution in [0.4, 0.5) is 0 Å². The summed E-state index contributed by atoms with van der Waals surface area (Å²) in [6.07, 6.45) is 3.65. The maximum absolute atomic E-state index is 13.8. The van der Waals surface area contributed by atoms with Crippen molar-refractivity contribution in [2.75, 3.05) is 7.11 Å². The standard InChI is InChI=1S/C29H24N2O3S/c1-17-7-10-20(11-8-17)27-22-13-12-19-5-3-4-6-21(19)26(22)30-29-31(27)28(33)25(35-29)16-18-9-14-23(32)24(15-18)34-2/h3-11,14-16,27,32H,12-13H2,1-2H3/b25-16-/t27-/m0/s1. The Kier molecular flexibility index (Phi) is 5.19. The first-order chi connectivity index (χ1) is 17.0. The van der Waals surface area contributed by atoms with Gasteiger partial charge in [0.25, 0.3) is 5.56 Å². The van der Waals surface area contributed by atoms with E-state index >= 15 is 0 Å². The summed E-state index contributed by atoms with van der Waals surface area (Å²) in [6.45, 7) is 2.07. The molecule has 0 saturated carbocycles. The topological polar surface area (TPSA) is 63.8 Å². The van der Waals surface area contributed by atoms with Crippen LogP contribution in [0, 0.1) is 6.92 Å². The molecule has 0 fully saturated rings. The molecule has 0 spiro atoms. The van der Waals surface area contributed by atoms with E-state index in [2.05, 4.69) is 55.5 Å². The highest BCUT2D eigenvalue weighted by molar-refractivity contribution is 7.07. The van der Waals surface area contributed by atoms with Crippen LogP contribution in [-0.2, 0) is 6.42 Å². The largest absolute Gasteiger partial charge is 0.504 e. The predicted octanol–water partition coefficient (Wildman–Crippen LogP) is 4.34. The predicted molar refractivity (Wildman–Crippen MR) is 139 cm³/mol. The van der Waals surface area contributed by atoms with Crippen LogP contribution in [0.5, 0.6) is 11.5 Å². The number of fused-ring (bicyclic) bond motifs is 3. The number of phenolic OH excluding ortho intramolecular Hbond substituents is 1. The Balaban J connectivity index is 1.60. The number of thiazole rings is 1. The Morgan fingerprint density at radius 2 is 1.89 bits per heavy atom. The summed E-state index contributed by atoms with van der Waals surface area (Å²) >= 11 is 1.40. The summed E-state index contributed by atoms with van der Waals surface area (Å²) in [7, 11) is 1.51. The molecular weight excluding hydrogens is 456 g/mol. The second-order valence-electron chi connectivity index (χ2n) is 8.96. The minimum absolute atomic E-state index is 0.0585. The fourth-order valence-electron chi connectivity index (χ4n) is 5.01. The number of benzene rings is 3. The number of nitrogens with zero attached hydrogens (tertiary/aromatic N) is 2. The molecule has 0 bridgehead atoms. The van der Waals surface area contributed by atoms with Gasteiger partial charge in [-0.25, -0.2) is 4.99 Å². The Labute approximate surface area is 206 Å². The molecule has 1 N–H and O–H groups in total. The van der Waals surface area contributed by atoms with Gasteiger partial charge in [-0.1, -0.05) is 71.5 Å². The first-order valence-corrected chi connectivity index (χ1v) is 12.4. The number of methoxy groups -OCH3 is 1. The molecule has 1 aromatic heterocycles. The average Bonchev–Trinajstić information content (AvgIpc) is 3.19. The fraction of sp³-hybridized carbons (Fsp3) is 0.172. The van der Waals surface area contributed by atoms with Crippen molar-refractivity contribution < 1.29 is 9.84 Å². The van der Waals surface area contributed by atoms with Gasteiger partial charge in [0, 0.05) is 5.56 Å². The molecule has 2 heterocycles. The van der Waals surface area contributed by atoms with E-state index in [0.717, 1.165) is 35.2 Å². The van der Waals surface area contributed by atoms with Crippen molar-refractivity contribution in [2.24, 2.45) is 4.99 Å². The maximum atomic E-state index is 13.8. The van der Waals surface area contributed by atoms with Gasteiger partial charge in [-0.05, 0) is 60.2 Å². The quantitative estimate of drug-likeness (QED) is 0.475. The Hall–Kier alpha value is -3.90. The number of phenols is 1. The molecule has 5 nitrogen and oxygen atoms in total. The normalized spacial score (nSPS) is 16.9. The number of ether oxygens (including phenoxy) is 1. The molecule has 0 saturated heterocycles. The highest BCUT2D eigenvalue weighted by atomic mass is 32.1. The van der Waals surface area contributed by atoms with E-state index in [-0.39, 0.29) is 17.4 Å². The zero-order valence-electron chi connectivity index (χ0n) is 19.5. The summed E-state index contributed by atoms with van der Waals surface area (Å²) in [4.78, 5) is 19.5. The first kappa shape index (κ1) is 21.6. The number of aromatic hydroxyl groups is 1. The Morgan fingerprint density at radius 1 is 1.09 bits per heavy atom. The van der Waals surface area contributed by atoms with Crippen molar-refractivity contribution in [1.82, 2.24) is 4.57 Å². The Morgan fingerprint density at radius 3 is 2.69 bits per heavy atom. The molecule has 0 radical (unpaired) electrons. The van der Waals surface area contributed by atoms with Crippen LogP contribution in [0.1, 0.15) is 40.3 Å². The number of allylic oxidation sites excluding steroid dienone is 1. The molecule has 6 rings (SSSR count). The zero-order chi connectivity index (χ0) is 24.1. The van der Waals surface area contributed by atoms with Gasteiger partial charge in [0.2, 0.25) is 0 Å². The van der Waals surface area contributed by atoms with E-state index in [1.165, 1.54) is 35.1 Å². The summed E-state index contributed by atoms with van der Waals surface area (Å²) in [5.74, 6) is 0.438. The van der Waals surface area contributed by atoms with Crippen LogP contribution in [0.3, 0.4) is 0 Å². The van der Waals surface area contributed by atoms with Crippen LogP contribution < -0.4 is 19.6 Å². The monoisotopic (exact) mass is 480 g/mol. The van der Waals surface area contributed by atoms with Crippen molar-refractivity contribution >= 4 is 23.1 Å². The molecule has 1 atom stereocenters. The van der Waals surface area contributed by atoms with E-state index in [1.54, 1.807) is 18.2 Å². The fourth-order valence-corrected chi connectivity index (χ4v) is 6.01. The lowest BCUT2D eigenvalue weighted by molar-refractivity contribution is 0.373. The maximum Gasteiger partial charge on any atom is 0.271 e. The lowest BCUT2D eigenvalue weighted by atomic mass is 9.83. The highest BCUT2D eigenvalue weighted by Gasteiger charge is 2.32. The van der Waals surface area contributed by atoms with Gasteiger partial charge >= 0.3 is 0 Å². The minimum Gasteiger partial charge on any atom is -0.504 e. The van der Waals surface area contributed by atoms with Crippen molar-refractivity contribution in [2.45, 2.75) is 25.8 Å². The molecular formula is C29H24N2O3S. The van der Waals surface area contributed by atoms with Gasteiger partial charge < -0.3 is 9.84 Å². The molecule has 3 aromatic carbocycles. The number of hydrogen-bond acceptors (Lipinski definition) is 5. The molecule has 4 aromatic rings. The van der Waals surface area contributed by atoms with Crippen LogP contribution in [-0.4, -0.2) is 16.8 Å². The van der Waals surface area contributed by atoms with Crippen LogP contribution in [0.2, 0.25) is 0 Å². The van der Waals surface area contributed by atoms with Crippen molar-refractivity contribution in [3.8, 4) is 11.5 Å². The smallest absolute Gasteiger partial charge is 0.271 e. The summed E-state index contributed by atoms with van der Waals surface area (Å²) in [5, 5.41) is 9.94. The lowest BCUT2D eigenvalue weighted by Gasteiger charge is -2.30. The number of hydrogen-bond donors (Lipinski definition) is 1. The van der Waals surface area contributed by atoms with Crippen LogP contribution in [0.25, 0.3) is 11.8 Å². The van der Waals surface area contributed by atoms with Crippen LogP contribution >= 0.6 is 11.3 Å². The summed E-state index contributed by atoms with van der Waals surface area (Å²) in [6, 6.07) is 21.8. The van der Waals surface area contributed by atoms with E-state index in [4.69, 9.17) is 9.73 Å². The third-order valence-electron chi connectivity index (χ3n) is 6.77. The molecule has 174 valence electrons. The second-order valence-corrected chi connectivity index (χ2v) is 9.96. The van der Waals surface area contributed by atoms with E-state index < -0.39 is 0 Å². The van der Waals surface area contributed by atoms with Gasteiger partial charge in [0.05, 0.1) is 23.4 Å². The first-order valence-electron chi connectivity index (χ1n) is 11.6. The molecule has 35 heavy (non-hydrogen) atoms. The van der Waals surface area contributed by atoms with Gasteiger partial charge in [-0.15, -0.1) is 0 Å². The second kappa shape index (κ2) is 8.40. The molecule has 0 amide bonds. The number of rotatable bonds is 3. The zero-order valence-corrected chi connectivity index (χ0v) is 20.3. The molecule has 2 aliphatic rings.